The Kier molecular flexibility index (Phi) is 46.7. The highest BCUT2D eigenvalue weighted by Crippen LogP contribution is 2.14. The second-order valence-corrected chi connectivity index (χ2v) is 17.1. The van der Waals surface area contributed by atoms with Gasteiger partial charge in [-0.2, -0.15) is 0 Å². The first kappa shape index (κ1) is 56.8. The molecule has 2 unspecified atom stereocenters. The minimum atomic E-state index is -0.876. The summed E-state index contributed by atoms with van der Waals surface area (Å²) in [6, 6.07) is -0.667. The van der Waals surface area contributed by atoms with E-state index in [1.807, 2.05) is 6.08 Å². The van der Waals surface area contributed by atoms with E-state index in [2.05, 4.69) is 55.6 Å². The second-order valence-electron chi connectivity index (χ2n) is 17.1. The van der Waals surface area contributed by atoms with Crippen LogP contribution in [0.15, 0.2) is 48.6 Å². The predicted molar refractivity (Wildman–Crippen MR) is 255 cm³/mol. The van der Waals surface area contributed by atoms with Crippen LogP contribution < -0.4 is 5.32 Å². The number of allylic oxidation sites excluding steroid dienone is 7. The van der Waals surface area contributed by atoms with Crippen molar-refractivity contribution >= 4 is 11.9 Å². The minimum absolute atomic E-state index is 0.0463. The smallest absolute Gasteiger partial charge is 0.305 e. The third-order valence-electron chi connectivity index (χ3n) is 11.3. The molecule has 0 aromatic heterocycles. The van der Waals surface area contributed by atoms with Gasteiger partial charge >= 0.3 is 5.97 Å². The predicted octanol–water partition coefficient (Wildman–Crippen LogP) is 15.1. The van der Waals surface area contributed by atoms with E-state index in [1.54, 1.807) is 6.08 Å². The molecule has 0 radical (unpaired) electrons. The average Bonchev–Trinajstić information content (AvgIpc) is 3.24. The fourth-order valence-corrected chi connectivity index (χ4v) is 7.37. The number of unbranched alkanes of at least 4 members (excludes halogenated alkanes) is 29. The number of nitrogens with one attached hydrogen (secondary N) is 1. The van der Waals surface area contributed by atoms with Crippen molar-refractivity contribution in [1.29, 1.82) is 0 Å². The molecule has 59 heavy (non-hydrogen) atoms. The van der Waals surface area contributed by atoms with Crippen molar-refractivity contribution in [2.24, 2.45) is 0 Å². The van der Waals surface area contributed by atoms with E-state index in [4.69, 9.17) is 4.74 Å². The van der Waals surface area contributed by atoms with Crippen LogP contribution in [0.3, 0.4) is 0 Å². The van der Waals surface area contributed by atoms with E-state index in [0.717, 1.165) is 77.0 Å². The molecule has 0 aliphatic carbocycles. The van der Waals surface area contributed by atoms with Gasteiger partial charge in [0, 0.05) is 12.8 Å². The topological polar surface area (TPSA) is 95.9 Å². The van der Waals surface area contributed by atoms with E-state index in [0.29, 0.717) is 19.4 Å². The molecule has 0 aromatic rings. The quantitative estimate of drug-likeness (QED) is 0.0323. The molecule has 0 aliphatic heterocycles. The molecule has 0 fully saturated rings. The number of carbonyl (C=O) groups is 2. The van der Waals surface area contributed by atoms with Crippen LogP contribution in [0, 0.1) is 0 Å². The monoisotopic (exact) mass is 828 g/mol. The van der Waals surface area contributed by atoms with Crippen molar-refractivity contribution in [2.45, 2.75) is 264 Å². The molecule has 0 saturated carbocycles. The highest BCUT2D eigenvalue weighted by atomic mass is 16.5. The summed E-state index contributed by atoms with van der Waals surface area (Å²) in [5.74, 6) is -0.177. The normalized spacial score (nSPS) is 13.1. The number of amides is 1. The van der Waals surface area contributed by atoms with Crippen LogP contribution in [-0.2, 0) is 14.3 Å². The van der Waals surface area contributed by atoms with Gasteiger partial charge in [0.1, 0.15) is 0 Å². The van der Waals surface area contributed by atoms with Crippen molar-refractivity contribution in [3.05, 3.63) is 48.6 Å². The standard InChI is InChI=1S/C53H97NO5/c1-3-5-7-9-11-13-15-17-19-20-21-23-25-27-31-35-39-43-47-53(58)59-48-44-40-36-32-28-30-34-38-42-46-52(57)54-50(49-55)51(56)45-41-37-33-29-26-24-22-18-16-14-12-10-8-6-4-2/h13,15,19-20,30,34,41,45,50-51,55-56H,3-12,14,16-18,21-29,31-33,35-40,42-44,46-49H2,1-2H3,(H,54,57)/b15-13-,20-19-,34-30-,45-41+. The summed E-state index contributed by atoms with van der Waals surface area (Å²) >= 11 is 0. The highest BCUT2D eigenvalue weighted by molar-refractivity contribution is 5.76. The Labute approximate surface area is 366 Å². The zero-order valence-corrected chi connectivity index (χ0v) is 39.0. The maximum absolute atomic E-state index is 12.4. The van der Waals surface area contributed by atoms with Gasteiger partial charge in [-0.15, -0.1) is 0 Å². The van der Waals surface area contributed by atoms with Crippen molar-refractivity contribution in [2.75, 3.05) is 13.2 Å². The number of aliphatic hydroxyl groups is 2. The average molecular weight is 828 g/mol. The molecule has 6 heteroatoms. The molecule has 344 valence electrons. The van der Waals surface area contributed by atoms with Crippen LogP contribution in [0.5, 0.6) is 0 Å². The first-order valence-corrected chi connectivity index (χ1v) is 25.4. The van der Waals surface area contributed by atoms with E-state index in [-0.39, 0.29) is 18.5 Å². The fraction of sp³-hybridized carbons (Fsp3) is 0.811. The molecule has 0 aliphatic rings. The van der Waals surface area contributed by atoms with E-state index in [1.165, 1.54) is 148 Å². The fourth-order valence-electron chi connectivity index (χ4n) is 7.37. The summed E-state index contributed by atoms with van der Waals surface area (Å²) < 4.78 is 5.44. The maximum Gasteiger partial charge on any atom is 0.305 e. The molecule has 0 rings (SSSR count). The first-order valence-electron chi connectivity index (χ1n) is 25.4. The molecule has 0 saturated heterocycles. The van der Waals surface area contributed by atoms with Gasteiger partial charge in [-0.1, -0.05) is 204 Å². The van der Waals surface area contributed by atoms with Gasteiger partial charge in [-0.3, -0.25) is 9.59 Å². The van der Waals surface area contributed by atoms with Crippen molar-refractivity contribution in [1.82, 2.24) is 5.32 Å². The molecular weight excluding hydrogens is 731 g/mol. The lowest BCUT2D eigenvalue weighted by Crippen LogP contribution is -2.45. The molecule has 2 atom stereocenters. The molecule has 0 bridgehead atoms. The minimum Gasteiger partial charge on any atom is -0.466 e. The number of esters is 1. The van der Waals surface area contributed by atoms with Crippen molar-refractivity contribution in [3.8, 4) is 0 Å². The largest absolute Gasteiger partial charge is 0.466 e. The van der Waals surface area contributed by atoms with Crippen LogP contribution in [0.25, 0.3) is 0 Å². The van der Waals surface area contributed by atoms with E-state index >= 15 is 0 Å². The lowest BCUT2D eigenvalue weighted by atomic mass is 10.0. The third kappa shape index (κ3) is 45.2. The number of carbonyl (C=O) groups excluding carboxylic acids is 2. The number of aliphatic hydroxyl groups excluding tert-OH is 2. The zero-order valence-electron chi connectivity index (χ0n) is 39.0. The molecule has 6 nitrogen and oxygen atoms in total. The summed E-state index contributed by atoms with van der Waals surface area (Å²) in [7, 11) is 0. The SMILES string of the molecule is CCCCCC/C=C\C/C=C\CCCCCCCCCC(=O)OCCCCCC/C=C\CCCC(=O)NC(CO)C(O)/C=C/CCCCCCCCCCCCCCC. The molecule has 1 amide bonds. The highest BCUT2D eigenvalue weighted by Gasteiger charge is 2.17. The zero-order chi connectivity index (χ0) is 43.0. The van der Waals surface area contributed by atoms with Crippen LogP contribution in [-0.4, -0.2) is 47.4 Å². The number of ether oxygens (including phenoxy) is 1. The Bertz CT molecular complexity index is 1000. The van der Waals surface area contributed by atoms with Crippen molar-refractivity contribution in [3.63, 3.8) is 0 Å². The van der Waals surface area contributed by atoms with Crippen LogP contribution in [0.1, 0.15) is 251 Å². The van der Waals surface area contributed by atoms with Gasteiger partial charge in [-0.05, 0) is 83.5 Å². The number of hydrogen-bond donors (Lipinski definition) is 3. The Hall–Kier alpha value is -2.18. The van der Waals surface area contributed by atoms with Gasteiger partial charge in [0.05, 0.1) is 25.4 Å². The van der Waals surface area contributed by atoms with Gasteiger partial charge in [-0.25, -0.2) is 0 Å². The lowest BCUT2D eigenvalue weighted by molar-refractivity contribution is -0.143. The van der Waals surface area contributed by atoms with Gasteiger partial charge in [0.25, 0.3) is 0 Å². The summed E-state index contributed by atoms with van der Waals surface area (Å²) in [4.78, 5) is 24.4. The van der Waals surface area contributed by atoms with Gasteiger partial charge < -0.3 is 20.3 Å². The number of rotatable bonds is 46. The van der Waals surface area contributed by atoms with E-state index in [9.17, 15) is 19.8 Å². The van der Waals surface area contributed by atoms with Crippen LogP contribution >= 0.6 is 0 Å². The van der Waals surface area contributed by atoms with Crippen LogP contribution in [0.4, 0.5) is 0 Å². The van der Waals surface area contributed by atoms with Gasteiger partial charge in [0.15, 0.2) is 0 Å². The summed E-state index contributed by atoms with van der Waals surface area (Å²) in [6.07, 6.45) is 59.7. The maximum atomic E-state index is 12.4. The number of hydrogen-bond acceptors (Lipinski definition) is 5. The molecule has 0 spiro atoms. The van der Waals surface area contributed by atoms with Crippen LogP contribution in [0.2, 0.25) is 0 Å². The first-order chi connectivity index (χ1) is 29.0. The molecule has 0 aromatic carbocycles. The lowest BCUT2D eigenvalue weighted by Gasteiger charge is -2.19. The Morgan fingerprint density at radius 1 is 0.475 bits per heavy atom. The Morgan fingerprint density at radius 3 is 1.36 bits per heavy atom. The summed E-state index contributed by atoms with van der Waals surface area (Å²) in [5.41, 5.74) is 0. The second kappa shape index (κ2) is 48.5. The third-order valence-corrected chi connectivity index (χ3v) is 11.3. The molecule has 0 heterocycles. The Morgan fingerprint density at radius 2 is 0.864 bits per heavy atom. The van der Waals surface area contributed by atoms with Crippen molar-refractivity contribution < 1.29 is 24.5 Å². The molecular formula is C53H97NO5. The Balaban J connectivity index is 3.58. The van der Waals surface area contributed by atoms with E-state index < -0.39 is 12.1 Å². The summed E-state index contributed by atoms with van der Waals surface area (Å²) in [5, 5.41) is 23.0. The molecule has 3 N–H and O–H groups in total. The van der Waals surface area contributed by atoms with Gasteiger partial charge in [0.2, 0.25) is 5.91 Å². The summed E-state index contributed by atoms with van der Waals surface area (Å²) in [6.45, 7) is 4.78.